The quantitative estimate of drug-likeness (QED) is 0.571. The molecule has 0 saturated carbocycles. The number of rotatable bonds is 7. The molecule has 1 atom stereocenters. The number of hydrogen-bond acceptors (Lipinski definition) is 4. The van der Waals surface area contributed by atoms with Gasteiger partial charge in [0.2, 0.25) is 10.0 Å². The van der Waals surface area contributed by atoms with Crippen LogP contribution in [-0.2, 0) is 14.4 Å². The molecule has 0 saturated heterocycles. The molecule has 0 amide bonds. The molecule has 1 N–H and O–H groups in total. The molecule has 0 heterocycles. The molecule has 0 rings (SSSR count). The Morgan fingerprint density at radius 3 is 2.21 bits per heavy atom. The van der Waals surface area contributed by atoms with E-state index in [0.717, 1.165) is 4.31 Å². The molecule has 0 aromatic heterocycles. The van der Waals surface area contributed by atoms with Gasteiger partial charge in [-0.1, -0.05) is 20.8 Å². The normalized spacial score (nSPS) is 15.8. The molecule has 19 heavy (non-hydrogen) atoms. The zero-order valence-corrected chi connectivity index (χ0v) is 15.2. The van der Waals surface area contributed by atoms with Crippen LogP contribution in [0.2, 0.25) is 18.1 Å². The molecule has 0 radical (unpaired) electrons. The molecule has 0 aromatic rings. The number of aliphatic hydroxyl groups is 1. The average Bonchev–Trinajstić information content (AvgIpc) is 2.24. The number of aliphatic hydroxyl groups excluding tert-OH is 1. The zero-order chi connectivity index (χ0) is 15.5. The van der Waals surface area contributed by atoms with Crippen LogP contribution in [0.4, 0.5) is 0 Å². The second-order valence-corrected chi connectivity index (χ2v) is 13.7. The largest absolute Gasteiger partial charge is 0.414 e. The fourth-order valence-corrected chi connectivity index (χ4v) is 3.18. The van der Waals surface area contributed by atoms with Crippen molar-refractivity contribution in [3.63, 3.8) is 0 Å². The van der Waals surface area contributed by atoms with E-state index in [1.54, 1.807) is 0 Å². The van der Waals surface area contributed by atoms with Gasteiger partial charge in [0.1, 0.15) is 5.21 Å². The Hall–Kier alpha value is 0.337. The summed E-state index contributed by atoms with van der Waals surface area (Å²) in [5, 5.41) is 9.43. The summed E-state index contributed by atoms with van der Waals surface area (Å²) in [6, 6.07) is 0. The predicted octanol–water partition coefficient (Wildman–Crippen LogP) is 1.83. The Morgan fingerprint density at radius 1 is 1.37 bits per heavy atom. The SMILES string of the molecule is CN(CC(O)CO[Si](C)(C)C(C)(C)C)S(=O)(=O)CCl. The third kappa shape index (κ3) is 6.09. The minimum Gasteiger partial charge on any atom is -0.414 e. The van der Waals surface area contributed by atoms with Gasteiger partial charge < -0.3 is 9.53 Å². The summed E-state index contributed by atoms with van der Waals surface area (Å²) < 4.78 is 29.8. The fourth-order valence-electron chi connectivity index (χ4n) is 1.07. The van der Waals surface area contributed by atoms with Crippen molar-refractivity contribution >= 4 is 29.9 Å². The van der Waals surface area contributed by atoms with Crippen LogP contribution in [0.3, 0.4) is 0 Å². The van der Waals surface area contributed by atoms with Gasteiger partial charge in [-0.2, -0.15) is 0 Å². The van der Waals surface area contributed by atoms with Gasteiger partial charge in [0, 0.05) is 13.6 Å². The Morgan fingerprint density at radius 2 is 1.84 bits per heavy atom. The summed E-state index contributed by atoms with van der Waals surface area (Å²) >= 11 is 5.35. The van der Waals surface area contributed by atoms with E-state index in [-0.39, 0.29) is 18.2 Å². The summed E-state index contributed by atoms with van der Waals surface area (Å²) in [7, 11) is -4.01. The highest BCUT2D eigenvalue weighted by atomic mass is 35.5. The summed E-state index contributed by atoms with van der Waals surface area (Å²) in [4.78, 5) is 0. The van der Waals surface area contributed by atoms with E-state index in [4.69, 9.17) is 16.0 Å². The van der Waals surface area contributed by atoms with Crippen molar-refractivity contribution in [1.29, 1.82) is 0 Å². The van der Waals surface area contributed by atoms with E-state index in [0.29, 0.717) is 0 Å². The second kappa shape index (κ2) is 6.86. The topological polar surface area (TPSA) is 66.8 Å². The van der Waals surface area contributed by atoms with Gasteiger partial charge in [0.25, 0.3) is 0 Å². The highest BCUT2D eigenvalue weighted by Crippen LogP contribution is 2.36. The molecule has 0 aromatic carbocycles. The molecular formula is C11H26ClNO4SSi. The summed E-state index contributed by atoms with van der Waals surface area (Å²) in [5.74, 6) is 0. The van der Waals surface area contributed by atoms with Crippen molar-refractivity contribution in [3.05, 3.63) is 0 Å². The van der Waals surface area contributed by atoms with Gasteiger partial charge in [0.15, 0.2) is 8.32 Å². The van der Waals surface area contributed by atoms with Crippen molar-refractivity contribution in [2.24, 2.45) is 0 Å². The molecular weight excluding hydrogens is 306 g/mol. The highest BCUT2D eigenvalue weighted by molar-refractivity contribution is 7.90. The monoisotopic (exact) mass is 331 g/mol. The van der Waals surface area contributed by atoms with Crippen LogP contribution in [0.25, 0.3) is 0 Å². The lowest BCUT2D eigenvalue weighted by atomic mass is 10.2. The van der Waals surface area contributed by atoms with Crippen molar-refractivity contribution in [3.8, 4) is 0 Å². The molecule has 0 spiro atoms. The van der Waals surface area contributed by atoms with Gasteiger partial charge in [-0.15, -0.1) is 11.6 Å². The van der Waals surface area contributed by atoms with Crippen LogP contribution < -0.4 is 0 Å². The van der Waals surface area contributed by atoms with Crippen molar-refractivity contribution < 1.29 is 18.0 Å². The molecule has 1 unspecified atom stereocenters. The van der Waals surface area contributed by atoms with Gasteiger partial charge >= 0.3 is 0 Å². The Bertz CT molecular complexity index is 381. The minimum atomic E-state index is -3.48. The van der Waals surface area contributed by atoms with E-state index in [1.165, 1.54) is 7.05 Å². The Balaban J connectivity index is 4.39. The predicted molar refractivity (Wildman–Crippen MR) is 81.4 cm³/mol. The lowest BCUT2D eigenvalue weighted by molar-refractivity contribution is 0.0871. The molecule has 8 heteroatoms. The molecule has 5 nitrogen and oxygen atoms in total. The molecule has 0 aliphatic heterocycles. The summed E-state index contributed by atoms with van der Waals surface area (Å²) in [5.41, 5.74) is 0. The van der Waals surface area contributed by atoms with E-state index in [2.05, 4.69) is 33.9 Å². The Kier molecular flexibility index (Phi) is 6.99. The smallest absolute Gasteiger partial charge is 0.227 e. The molecule has 0 aliphatic rings. The zero-order valence-electron chi connectivity index (χ0n) is 12.6. The number of sulfonamides is 1. The van der Waals surface area contributed by atoms with Crippen molar-refractivity contribution in [2.45, 2.75) is 45.0 Å². The molecule has 116 valence electrons. The molecule has 0 bridgehead atoms. The number of nitrogens with zero attached hydrogens (tertiary/aromatic N) is 1. The fraction of sp³-hybridized carbons (Fsp3) is 1.00. The molecule has 0 fully saturated rings. The maximum atomic E-state index is 11.4. The third-order valence-electron chi connectivity index (χ3n) is 3.52. The number of alkyl halides is 1. The first-order valence-electron chi connectivity index (χ1n) is 6.15. The van der Waals surface area contributed by atoms with E-state index in [1.807, 2.05) is 0 Å². The minimum absolute atomic E-state index is 0.0102. The average molecular weight is 332 g/mol. The standard InChI is InChI=1S/C11H26ClNO4SSi/c1-11(2,3)19(5,6)17-8-10(14)7-13(4)18(15,16)9-12/h10,14H,7-9H2,1-6H3. The maximum absolute atomic E-state index is 11.4. The van der Waals surface area contributed by atoms with Crippen molar-refractivity contribution in [1.82, 2.24) is 4.31 Å². The van der Waals surface area contributed by atoms with Gasteiger partial charge in [0.05, 0.1) is 12.7 Å². The Labute approximate surface area is 123 Å². The van der Waals surface area contributed by atoms with Crippen LogP contribution in [-0.4, -0.2) is 57.7 Å². The maximum Gasteiger partial charge on any atom is 0.227 e. The van der Waals surface area contributed by atoms with Crippen molar-refractivity contribution in [2.75, 3.05) is 25.4 Å². The van der Waals surface area contributed by atoms with Crippen LogP contribution >= 0.6 is 11.6 Å². The van der Waals surface area contributed by atoms with Crippen LogP contribution in [0.5, 0.6) is 0 Å². The van der Waals surface area contributed by atoms with Crippen LogP contribution in [0.1, 0.15) is 20.8 Å². The third-order valence-corrected chi connectivity index (χ3v) is 10.2. The van der Waals surface area contributed by atoms with Crippen LogP contribution in [0.15, 0.2) is 0 Å². The number of likely N-dealkylation sites (N-methyl/N-ethyl adjacent to an activating group) is 1. The van der Waals surface area contributed by atoms with E-state index in [9.17, 15) is 13.5 Å². The first kappa shape index (κ1) is 19.3. The number of hydrogen-bond donors (Lipinski definition) is 1. The van der Waals surface area contributed by atoms with Gasteiger partial charge in [-0.05, 0) is 18.1 Å². The van der Waals surface area contributed by atoms with Gasteiger partial charge in [-0.3, -0.25) is 0 Å². The van der Waals surface area contributed by atoms with E-state index < -0.39 is 29.7 Å². The lowest BCUT2D eigenvalue weighted by Gasteiger charge is -2.37. The molecule has 0 aliphatic carbocycles. The lowest BCUT2D eigenvalue weighted by Crippen LogP contribution is -2.44. The second-order valence-electron chi connectivity index (χ2n) is 6.23. The highest BCUT2D eigenvalue weighted by Gasteiger charge is 2.37. The van der Waals surface area contributed by atoms with Gasteiger partial charge in [-0.25, -0.2) is 12.7 Å². The number of halogens is 1. The first-order valence-corrected chi connectivity index (χ1v) is 11.2. The van der Waals surface area contributed by atoms with E-state index >= 15 is 0 Å². The summed E-state index contributed by atoms with van der Waals surface area (Å²) in [6.07, 6.45) is -0.850. The van der Waals surface area contributed by atoms with Crippen LogP contribution in [0, 0.1) is 0 Å². The summed E-state index contributed by atoms with van der Waals surface area (Å²) in [6.45, 7) is 10.6. The first-order chi connectivity index (χ1) is 8.33.